The average molecular weight is 271 g/mol. The fraction of sp³-hybridized carbons (Fsp3) is 0.111. The van der Waals surface area contributed by atoms with E-state index in [-0.39, 0.29) is 5.69 Å². The summed E-state index contributed by atoms with van der Waals surface area (Å²) >= 11 is 3.19. The molecule has 0 saturated carbocycles. The zero-order valence-corrected chi connectivity index (χ0v) is 9.14. The summed E-state index contributed by atoms with van der Waals surface area (Å²) in [5, 5.41) is 8.67. The first-order chi connectivity index (χ1) is 7.15. The molecule has 78 valence electrons. The first-order valence-corrected chi connectivity index (χ1v) is 4.92. The highest BCUT2D eigenvalue weighted by molar-refractivity contribution is 9.10. The van der Waals surface area contributed by atoms with E-state index >= 15 is 0 Å². The van der Waals surface area contributed by atoms with E-state index in [4.69, 9.17) is 9.52 Å². The normalized spacial score (nSPS) is 10.5. The third kappa shape index (κ3) is 2.27. The van der Waals surface area contributed by atoms with E-state index in [1.54, 1.807) is 10.8 Å². The molecule has 2 aromatic heterocycles. The van der Waals surface area contributed by atoms with E-state index in [0.29, 0.717) is 11.2 Å². The lowest BCUT2D eigenvalue weighted by atomic mass is 10.3. The maximum Gasteiger partial charge on any atom is 0.356 e. The highest BCUT2D eigenvalue weighted by Gasteiger charge is 2.07. The van der Waals surface area contributed by atoms with Crippen molar-refractivity contribution in [2.24, 2.45) is 0 Å². The van der Waals surface area contributed by atoms with Crippen LogP contribution < -0.4 is 0 Å². The Morgan fingerprint density at radius 2 is 2.47 bits per heavy atom. The van der Waals surface area contributed by atoms with Crippen molar-refractivity contribution < 1.29 is 14.3 Å². The van der Waals surface area contributed by atoms with Gasteiger partial charge in [0.05, 0.1) is 19.1 Å². The van der Waals surface area contributed by atoms with Crippen LogP contribution in [0.15, 0.2) is 33.9 Å². The van der Waals surface area contributed by atoms with Crippen molar-refractivity contribution in [2.45, 2.75) is 6.54 Å². The van der Waals surface area contributed by atoms with Gasteiger partial charge in [0.2, 0.25) is 0 Å². The van der Waals surface area contributed by atoms with E-state index in [0.717, 1.165) is 5.56 Å². The number of nitrogens with zero attached hydrogens (tertiary/aromatic N) is 2. The van der Waals surface area contributed by atoms with Gasteiger partial charge >= 0.3 is 5.97 Å². The number of rotatable bonds is 3. The monoisotopic (exact) mass is 270 g/mol. The van der Waals surface area contributed by atoms with Crippen LogP contribution in [0, 0.1) is 0 Å². The molecular weight excluding hydrogens is 264 g/mol. The highest BCUT2D eigenvalue weighted by atomic mass is 79.9. The van der Waals surface area contributed by atoms with E-state index in [1.807, 2.05) is 6.07 Å². The lowest BCUT2D eigenvalue weighted by Crippen LogP contribution is -1.97. The van der Waals surface area contributed by atoms with Crippen molar-refractivity contribution >= 4 is 21.9 Å². The molecule has 15 heavy (non-hydrogen) atoms. The quantitative estimate of drug-likeness (QED) is 0.926. The summed E-state index contributed by atoms with van der Waals surface area (Å²) in [7, 11) is 0. The first-order valence-electron chi connectivity index (χ1n) is 4.13. The summed E-state index contributed by atoms with van der Waals surface area (Å²) in [5.74, 6) is -1.03. The number of hydrogen-bond acceptors (Lipinski definition) is 3. The fourth-order valence-electron chi connectivity index (χ4n) is 1.20. The van der Waals surface area contributed by atoms with Gasteiger partial charge < -0.3 is 14.1 Å². The fourth-order valence-corrected chi connectivity index (χ4v) is 1.58. The molecular formula is C9H7BrN2O3. The molecule has 5 nitrogen and oxygen atoms in total. The van der Waals surface area contributed by atoms with E-state index in [9.17, 15) is 4.79 Å². The largest absolute Gasteiger partial charge is 0.476 e. The molecule has 2 aromatic rings. The number of hydrogen-bond donors (Lipinski definition) is 1. The minimum atomic E-state index is -1.03. The molecule has 1 N–H and O–H groups in total. The zero-order valence-electron chi connectivity index (χ0n) is 7.55. The lowest BCUT2D eigenvalue weighted by molar-refractivity contribution is 0.0691. The maximum absolute atomic E-state index is 10.6. The predicted octanol–water partition coefficient (Wildman–Crippen LogP) is 1.99. The van der Waals surface area contributed by atoms with Gasteiger partial charge in [-0.05, 0) is 22.0 Å². The van der Waals surface area contributed by atoms with Crippen LogP contribution in [0.1, 0.15) is 16.1 Å². The van der Waals surface area contributed by atoms with E-state index < -0.39 is 5.97 Å². The van der Waals surface area contributed by atoms with Crippen LogP contribution in [0.3, 0.4) is 0 Å². The third-order valence-electron chi connectivity index (χ3n) is 1.84. The standard InChI is InChI=1S/C9H7BrN2O3/c10-8-1-6(4-15-8)2-12-3-7(9(13)14)11-5-12/h1,3-5H,2H2,(H,13,14). The summed E-state index contributed by atoms with van der Waals surface area (Å²) < 4.78 is 7.39. The Bertz CT molecular complexity index is 489. The summed E-state index contributed by atoms with van der Waals surface area (Å²) in [6.45, 7) is 0.537. The number of carboxylic acids is 1. The minimum Gasteiger partial charge on any atom is -0.476 e. The van der Waals surface area contributed by atoms with Gasteiger partial charge in [-0.3, -0.25) is 0 Å². The second-order valence-corrected chi connectivity index (χ2v) is 3.78. The number of imidazole rings is 1. The van der Waals surface area contributed by atoms with Gasteiger partial charge in [0, 0.05) is 11.8 Å². The van der Waals surface area contributed by atoms with Crippen LogP contribution in [0.2, 0.25) is 0 Å². The summed E-state index contributed by atoms with van der Waals surface area (Å²) in [6, 6.07) is 1.82. The van der Waals surface area contributed by atoms with E-state index in [2.05, 4.69) is 20.9 Å². The van der Waals surface area contributed by atoms with Crippen molar-refractivity contribution in [3.63, 3.8) is 0 Å². The molecule has 6 heteroatoms. The molecule has 0 aliphatic rings. The topological polar surface area (TPSA) is 68.3 Å². The molecule has 0 aliphatic carbocycles. The van der Waals surface area contributed by atoms with Gasteiger partial charge in [0.25, 0.3) is 0 Å². The van der Waals surface area contributed by atoms with Gasteiger partial charge in [-0.15, -0.1) is 0 Å². The molecule has 0 amide bonds. The molecule has 0 saturated heterocycles. The average Bonchev–Trinajstić information content (AvgIpc) is 2.76. The molecule has 0 bridgehead atoms. The number of aromatic nitrogens is 2. The first kappa shape index (κ1) is 9.97. The smallest absolute Gasteiger partial charge is 0.356 e. The second-order valence-electron chi connectivity index (χ2n) is 3.00. The van der Waals surface area contributed by atoms with Crippen LogP contribution in [0.5, 0.6) is 0 Å². The highest BCUT2D eigenvalue weighted by Crippen LogP contribution is 2.15. The van der Waals surface area contributed by atoms with Crippen LogP contribution in [-0.2, 0) is 6.54 Å². The Morgan fingerprint density at radius 1 is 1.67 bits per heavy atom. The maximum atomic E-state index is 10.6. The predicted molar refractivity (Wildman–Crippen MR) is 54.7 cm³/mol. The minimum absolute atomic E-state index is 0.0394. The second kappa shape index (κ2) is 3.90. The van der Waals surface area contributed by atoms with Crippen LogP contribution >= 0.6 is 15.9 Å². The number of furan rings is 1. The zero-order chi connectivity index (χ0) is 10.8. The SMILES string of the molecule is O=C(O)c1cn(Cc2coc(Br)c2)cn1. The summed E-state index contributed by atoms with van der Waals surface area (Å²) in [5.41, 5.74) is 0.980. The lowest BCUT2D eigenvalue weighted by Gasteiger charge is -1.96. The van der Waals surface area contributed by atoms with Crippen LogP contribution in [0.4, 0.5) is 0 Å². The van der Waals surface area contributed by atoms with Crippen LogP contribution in [-0.4, -0.2) is 20.6 Å². The summed E-state index contributed by atoms with van der Waals surface area (Å²) in [4.78, 5) is 14.3. The Kier molecular flexibility index (Phi) is 2.59. The number of carboxylic acid groups (broad SMARTS) is 1. The molecule has 0 aromatic carbocycles. The third-order valence-corrected chi connectivity index (χ3v) is 2.26. The molecule has 2 heterocycles. The van der Waals surface area contributed by atoms with Gasteiger partial charge in [-0.2, -0.15) is 0 Å². The van der Waals surface area contributed by atoms with Crippen LogP contribution in [0.25, 0.3) is 0 Å². The summed E-state index contributed by atoms with van der Waals surface area (Å²) in [6.07, 6.45) is 4.55. The number of aromatic carboxylic acids is 1. The van der Waals surface area contributed by atoms with E-state index in [1.165, 1.54) is 12.5 Å². The van der Waals surface area contributed by atoms with Gasteiger partial charge in [-0.1, -0.05) is 0 Å². The Labute approximate surface area is 93.5 Å². The van der Waals surface area contributed by atoms with Crippen molar-refractivity contribution in [1.82, 2.24) is 9.55 Å². The number of halogens is 1. The molecule has 0 fully saturated rings. The molecule has 0 unspecified atom stereocenters. The van der Waals surface area contributed by atoms with Gasteiger partial charge in [0.1, 0.15) is 0 Å². The van der Waals surface area contributed by atoms with Crippen molar-refractivity contribution in [3.05, 3.63) is 40.8 Å². The molecule has 0 atom stereocenters. The molecule has 0 spiro atoms. The number of carbonyl (C=O) groups is 1. The Morgan fingerprint density at radius 3 is 3.00 bits per heavy atom. The molecule has 0 radical (unpaired) electrons. The van der Waals surface area contributed by atoms with Gasteiger partial charge in [-0.25, -0.2) is 9.78 Å². The van der Waals surface area contributed by atoms with Crippen molar-refractivity contribution in [1.29, 1.82) is 0 Å². The Hall–Kier alpha value is -1.56. The Balaban J connectivity index is 2.14. The molecule has 0 aliphatic heterocycles. The molecule has 2 rings (SSSR count). The van der Waals surface area contributed by atoms with Crippen molar-refractivity contribution in [2.75, 3.05) is 0 Å². The van der Waals surface area contributed by atoms with Gasteiger partial charge in [0.15, 0.2) is 10.4 Å². The van der Waals surface area contributed by atoms with Crippen molar-refractivity contribution in [3.8, 4) is 0 Å².